The van der Waals surface area contributed by atoms with Crippen molar-refractivity contribution in [2.75, 3.05) is 37.6 Å². The van der Waals surface area contributed by atoms with Crippen molar-refractivity contribution >= 4 is 11.7 Å². The number of ether oxygens (including phenoxy) is 1. The molecule has 1 aliphatic heterocycles. The number of esters is 1. The summed E-state index contributed by atoms with van der Waals surface area (Å²) in [4.78, 5) is 17.4. The lowest BCUT2D eigenvalue weighted by molar-refractivity contribution is -0.160. The van der Waals surface area contributed by atoms with E-state index < -0.39 is 0 Å². The third-order valence-electron chi connectivity index (χ3n) is 6.28. The minimum Gasteiger partial charge on any atom is -0.462 e. The van der Waals surface area contributed by atoms with Gasteiger partial charge in [-0.3, -0.25) is 9.69 Å². The molecule has 1 heterocycles. The lowest BCUT2D eigenvalue weighted by Gasteiger charge is -2.37. The zero-order valence-electron chi connectivity index (χ0n) is 18.2. The molecule has 27 heavy (non-hydrogen) atoms. The van der Waals surface area contributed by atoms with Crippen molar-refractivity contribution in [3.63, 3.8) is 0 Å². The topological polar surface area (TPSA) is 32.8 Å². The molecule has 0 N–H and O–H groups in total. The second kappa shape index (κ2) is 9.59. The number of carbonyl (C=O) groups excluding carboxylic acids is 1. The van der Waals surface area contributed by atoms with Crippen molar-refractivity contribution in [2.45, 2.75) is 66.9 Å². The Hall–Kier alpha value is -1.55. The van der Waals surface area contributed by atoms with Crippen LogP contribution in [0.4, 0.5) is 5.69 Å². The van der Waals surface area contributed by atoms with E-state index in [0.29, 0.717) is 0 Å². The van der Waals surface area contributed by atoms with Crippen LogP contribution in [-0.4, -0.2) is 49.7 Å². The molecule has 4 heteroatoms. The molecule has 4 nitrogen and oxygen atoms in total. The number of aryl methyl sites for hydroxylation is 2. The van der Waals surface area contributed by atoms with Crippen LogP contribution in [0.1, 0.15) is 58.1 Å². The number of benzene rings is 1. The zero-order chi connectivity index (χ0) is 20.0. The number of carbonyl (C=O) groups is 1. The van der Waals surface area contributed by atoms with Crippen molar-refractivity contribution in [3.8, 4) is 0 Å². The normalized spacial score (nSPS) is 17.0. The van der Waals surface area contributed by atoms with Crippen LogP contribution in [0.2, 0.25) is 0 Å². The van der Waals surface area contributed by atoms with Crippen LogP contribution in [0.15, 0.2) is 18.2 Å². The zero-order valence-corrected chi connectivity index (χ0v) is 18.2. The molecule has 0 radical (unpaired) electrons. The van der Waals surface area contributed by atoms with Gasteiger partial charge in [-0.15, -0.1) is 0 Å². The number of hydrogen-bond donors (Lipinski definition) is 0. The molecule has 1 aliphatic rings. The maximum Gasteiger partial charge on any atom is 0.312 e. The Morgan fingerprint density at radius 1 is 1.15 bits per heavy atom. The average molecular weight is 375 g/mol. The highest BCUT2D eigenvalue weighted by Crippen LogP contribution is 2.28. The van der Waals surface area contributed by atoms with Crippen LogP contribution in [0.3, 0.4) is 0 Å². The van der Waals surface area contributed by atoms with Gasteiger partial charge in [-0.25, -0.2) is 0 Å². The van der Waals surface area contributed by atoms with E-state index in [9.17, 15) is 4.79 Å². The molecule has 152 valence electrons. The molecule has 1 unspecified atom stereocenters. The Bertz CT molecular complexity index is 617. The standard InChI is InChI=1S/C23H38N2O2/c1-7-23(6,8-2)22(26)27-20(5)11-12-24-13-15-25(16-14-24)21-10-9-18(3)17-19(21)4/h9-10,17,20H,7-8,11-16H2,1-6H3. The minimum atomic E-state index is -0.341. The number of anilines is 1. The van der Waals surface area contributed by atoms with Gasteiger partial charge in [0.15, 0.2) is 0 Å². The molecule has 0 spiro atoms. The molecule has 2 rings (SSSR count). The Balaban J connectivity index is 1.76. The highest BCUT2D eigenvalue weighted by molar-refractivity contribution is 5.76. The van der Waals surface area contributed by atoms with Crippen LogP contribution in [-0.2, 0) is 9.53 Å². The van der Waals surface area contributed by atoms with Crippen molar-refractivity contribution in [2.24, 2.45) is 5.41 Å². The molecule has 1 aromatic rings. The van der Waals surface area contributed by atoms with E-state index in [1.165, 1.54) is 16.8 Å². The van der Waals surface area contributed by atoms with Gasteiger partial charge in [0, 0.05) is 38.4 Å². The average Bonchev–Trinajstić information content (AvgIpc) is 2.66. The molecule has 0 amide bonds. The predicted molar refractivity (Wildman–Crippen MR) is 113 cm³/mol. The van der Waals surface area contributed by atoms with Crippen molar-refractivity contribution in [1.29, 1.82) is 0 Å². The fourth-order valence-corrected chi connectivity index (χ4v) is 3.66. The molecule has 0 bridgehead atoms. The summed E-state index contributed by atoms with van der Waals surface area (Å²) >= 11 is 0. The van der Waals surface area contributed by atoms with E-state index in [4.69, 9.17) is 4.74 Å². The maximum atomic E-state index is 12.4. The van der Waals surface area contributed by atoms with E-state index in [2.05, 4.69) is 55.7 Å². The number of hydrogen-bond acceptors (Lipinski definition) is 4. The number of rotatable bonds is 8. The Kier molecular flexibility index (Phi) is 7.72. The minimum absolute atomic E-state index is 0.0210. The highest BCUT2D eigenvalue weighted by atomic mass is 16.5. The van der Waals surface area contributed by atoms with Gasteiger partial charge in [0.25, 0.3) is 0 Å². The Labute approximate surface area is 165 Å². The summed E-state index contributed by atoms with van der Waals surface area (Å²) in [5.41, 5.74) is 3.70. The van der Waals surface area contributed by atoms with E-state index in [1.54, 1.807) is 0 Å². The fourth-order valence-electron chi connectivity index (χ4n) is 3.66. The van der Waals surface area contributed by atoms with E-state index in [0.717, 1.165) is 52.0 Å². The lowest BCUT2D eigenvalue weighted by Crippen LogP contribution is -2.47. The van der Waals surface area contributed by atoms with Crippen molar-refractivity contribution < 1.29 is 9.53 Å². The predicted octanol–water partition coefficient (Wildman–Crippen LogP) is 4.57. The molecule has 0 aliphatic carbocycles. The Morgan fingerprint density at radius 2 is 1.78 bits per heavy atom. The largest absolute Gasteiger partial charge is 0.462 e. The monoisotopic (exact) mass is 374 g/mol. The van der Waals surface area contributed by atoms with Crippen LogP contribution in [0, 0.1) is 19.3 Å². The number of piperazine rings is 1. The molecule has 0 aromatic heterocycles. The smallest absolute Gasteiger partial charge is 0.312 e. The second-order valence-corrected chi connectivity index (χ2v) is 8.39. The summed E-state index contributed by atoms with van der Waals surface area (Å²) in [5.74, 6) is -0.0420. The van der Waals surface area contributed by atoms with Gasteiger partial charge in [0.05, 0.1) is 5.41 Å². The molecule has 1 fully saturated rings. The first kappa shape index (κ1) is 21.7. The first-order valence-electron chi connectivity index (χ1n) is 10.5. The number of nitrogens with zero attached hydrogens (tertiary/aromatic N) is 2. The van der Waals surface area contributed by atoms with Crippen LogP contribution in [0.25, 0.3) is 0 Å². The summed E-state index contributed by atoms with van der Waals surface area (Å²) in [6.45, 7) is 17.7. The molecular weight excluding hydrogens is 336 g/mol. The van der Waals surface area contributed by atoms with Crippen LogP contribution in [0.5, 0.6) is 0 Å². The van der Waals surface area contributed by atoms with Gasteiger partial charge in [-0.05, 0) is 58.6 Å². The summed E-state index contributed by atoms with van der Waals surface area (Å²) in [5, 5.41) is 0. The van der Waals surface area contributed by atoms with Gasteiger partial charge >= 0.3 is 5.97 Å². The van der Waals surface area contributed by atoms with Gasteiger partial charge in [-0.1, -0.05) is 31.5 Å². The summed E-state index contributed by atoms with van der Waals surface area (Å²) in [7, 11) is 0. The van der Waals surface area contributed by atoms with E-state index in [-0.39, 0.29) is 17.5 Å². The van der Waals surface area contributed by atoms with Crippen LogP contribution >= 0.6 is 0 Å². The fraction of sp³-hybridized carbons (Fsp3) is 0.696. The maximum absolute atomic E-state index is 12.4. The summed E-state index contributed by atoms with van der Waals surface area (Å²) in [6, 6.07) is 6.71. The molecular formula is C23H38N2O2. The Morgan fingerprint density at radius 3 is 2.33 bits per heavy atom. The van der Waals surface area contributed by atoms with Crippen molar-refractivity contribution in [1.82, 2.24) is 4.90 Å². The molecule has 1 atom stereocenters. The highest BCUT2D eigenvalue weighted by Gasteiger charge is 2.32. The first-order chi connectivity index (χ1) is 12.8. The SMILES string of the molecule is CCC(C)(CC)C(=O)OC(C)CCN1CCN(c2ccc(C)cc2C)CC1. The van der Waals surface area contributed by atoms with Crippen molar-refractivity contribution in [3.05, 3.63) is 29.3 Å². The molecule has 0 saturated carbocycles. The molecule has 1 aromatic carbocycles. The lowest BCUT2D eigenvalue weighted by atomic mass is 9.85. The van der Waals surface area contributed by atoms with Gasteiger partial charge in [0.2, 0.25) is 0 Å². The quantitative estimate of drug-likeness (QED) is 0.624. The van der Waals surface area contributed by atoms with Crippen LogP contribution < -0.4 is 4.90 Å². The van der Waals surface area contributed by atoms with Gasteiger partial charge in [-0.2, -0.15) is 0 Å². The van der Waals surface area contributed by atoms with Gasteiger partial charge in [0.1, 0.15) is 6.10 Å². The van der Waals surface area contributed by atoms with Gasteiger partial charge < -0.3 is 9.64 Å². The molecule has 1 saturated heterocycles. The first-order valence-corrected chi connectivity index (χ1v) is 10.5. The second-order valence-electron chi connectivity index (χ2n) is 8.39. The third kappa shape index (κ3) is 5.71. The third-order valence-corrected chi connectivity index (χ3v) is 6.28. The van der Waals surface area contributed by atoms with E-state index >= 15 is 0 Å². The van der Waals surface area contributed by atoms with E-state index in [1.807, 2.05) is 13.8 Å². The summed E-state index contributed by atoms with van der Waals surface area (Å²) in [6.07, 6.45) is 2.54. The summed E-state index contributed by atoms with van der Waals surface area (Å²) < 4.78 is 5.73.